The fourth-order valence-electron chi connectivity index (χ4n) is 1.63. The highest BCUT2D eigenvalue weighted by Crippen LogP contribution is 2.26. The van der Waals surface area contributed by atoms with E-state index in [0.29, 0.717) is 0 Å². The quantitative estimate of drug-likeness (QED) is 0.898. The molecule has 116 valence electrons. The van der Waals surface area contributed by atoms with Gasteiger partial charge in [0, 0.05) is 18.2 Å². The van der Waals surface area contributed by atoms with Crippen LogP contribution in [-0.4, -0.2) is 22.2 Å². The van der Waals surface area contributed by atoms with Crippen LogP contribution in [0.25, 0.3) is 0 Å². The lowest BCUT2D eigenvalue weighted by molar-refractivity contribution is -0.274. The molecule has 1 aromatic heterocycles. The van der Waals surface area contributed by atoms with Crippen molar-refractivity contribution in [1.29, 1.82) is 0 Å². The number of rotatable bonds is 4. The smallest absolute Gasteiger partial charge is 0.405 e. The average molecular weight is 313 g/mol. The third kappa shape index (κ3) is 4.33. The van der Waals surface area contributed by atoms with Gasteiger partial charge in [-0.1, -0.05) is 18.2 Å². The first-order valence-corrected chi connectivity index (χ1v) is 6.02. The Balaban J connectivity index is 2.09. The maximum atomic E-state index is 12.3. The monoisotopic (exact) mass is 313 g/mol. The molecule has 0 aliphatic heterocycles. The molecule has 22 heavy (non-hydrogen) atoms. The van der Waals surface area contributed by atoms with Crippen LogP contribution in [0.1, 0.15) is 16.1 Å². The third-order valence-corrected chi connectivity index (χ3v) is 2.55. The van der Waals surface area contributed by atoms with E-state index in [0.717, 1.165) is 18.5 Å². The molecule has 1 heterocycles. The summed E-state index contributed by atoms with van der Waals surface area (Å²) >= 11 is 0. The summed E-state index contributed by atoms with van der Waals surface area (Å²) in [5.74, 6) is -1.10. The predicted octanol–water partition coefficient (Wildman–Crippen LogP) is 1.60. The van der Waals surface area contributed by atoms with Crippen molar-refractivity contribution in [3.63, 3.8) is 0 Å². The average Bonchev–Trinajstić information content (AvgIpc) is 2.44. The van der Waals surface area contributed by atoms with Crippen LogP contribution in [0.3, 0.4) is 0 Å². The number of ether oxygens (including phenoxy) is 1. The number of carbonyl (C=O) groups excluding carboxylic acids is 1. The van der Waals surface area contributed by atoms with Crippen LogP contribution in [0.15, 0.2) is 41.5 Å². The summed E-state index contributed by atoms with van der Waals surface area (Å²) < 4.78 is 40.7. The second kappa shape index (κ2) is 6.29. The molecule has 0 fully saturated rings. The van der Waals surface area contributed by atoms with Gasteiger partial charge >= 0.3 is 6.36 Å². The first-order chi connectivity index (χ1) is 10.3. The van der Waals surface area contributed by atoms with Crippen LogP contribution in [-0.2, 0) is 6.54 Å². The molecule has 0 saturated carbocycles. The summed E-state index contributed by atoms with van der Waals surface area (Å²) in [6.45, 7) is -0.209. The molecular formula is C13H10F3N3O3. The van der Waals surface area contributed by atoms with Gasteiger partial charge in [-0.25, -0.2) is 4.98 Å². The van der Waals surface area contributed by atoms with Crippen molar-refractivity contribution in [2.24, 2.45) is 0 Å². The molecule has 6 nitrogen and oxygen atoms in total. The number of nitrogens with one attached hydrogen (secondary N) is 2. The molecule has 1 amide bonds. The maximum absolute atomic E-state index is 12.3. The van der Waals surface area contributed by atoms with Crippen molar-refractivity contribution >= 4 is 5.91 Å². The molecule has 0 saturated heterocycles. The van der Waals surface area contributed by atoms with Gasteiger partial charge in [0.15, 0.2) is 0 Å². The van der Waals surface area contributed by atoms with Crippen molar-refractivity contribution in [2.75, 3.05) is 0 Å². The molecular weight excluding hydrogens is 303 g/mol. The van der Waals surface area contributed by atoms with E-state index < -0.39 is 23.6 Å². The highest BCUT2D eigenvalue weighted by molar-refractivity contribution is 5.92. The minimum absolute atomic E-state index is 0.137. The van der Waals surface area contributed by atoms with Gasteiger partial charge in [0.2, 0.25) is 0 Å². The molecule has 9 heteroatoms. The number of H-pyrrole nitrogens is 1. The molecule has 2 rings (SSSR count). The largest absolute Gasteiger partial charge is 0.573 e. The zero-order valence-corrected chi connectivity index (χ0v) is 11.0. The number of aromatic amines is 1. The fourth-order valence-corrected chi connectivity index (χ4v) is 1.63. The van der Waals surface area contributed by atoms with E-state index in [2.05, 4.69) is 20.0 Å². The van der Waals surface area contributed by atoms with E-state index in [1.54, 1.807) is 0 Å². The van der Waals surface area contributed by atoms with E-state index in [-0.39, 0.29) is 17.8 Å². The molecule has 2 aromatic rings. The molecule has 0 aliphatic rings. The number of hydrogen-bond acceptors (Lipinski definition) is 4. The van der Waals surface area contributed by atoms with Gasteiger partial charge in [0.25, 0.3) is 11.5 Å². The lowest BCUT2D eigenvalue weighted by Gasteiger charge is -2.13. The summed E-state index contributed by atoms with van der Waals surface area (Å²) in [7, 11) is 0. The molecule has 0 spiro atoms. The summed E-state index contributed by atoms with van der Waals surface area (Å²) in [5, 5.41) is 2.37. The van der Waals surface area contributed by atoms with E-state index in [1.807, 2.05) is 0 Å². The van der Waals surface area contributed by atoms with Crippen LogP contribution in [0, 0.1) is 0 Å². The van der Waals surface area contributed by atoms with Crippen molar-refractivity contribution in [1.82, 2.24) is 15.3 Å². The van der Waals surface area contributed by atoms with Gasteiger partial charge in [-0.15, -0.1) is 13.2 Å². The van der Waals surface area contributed by atoms with E-state index >= 15 is 0 Å². The number of benzene rings is 1. The molecule has 0 radical (unpaired) electrons. The Bertz CT molecular complexity index is 728. The standard InChI is InChI=1S/C13H10F3N3O3/c14-13(15,16)22-10-4-2-1-3-8(10)6-17-12(21)9-5-11(20)19-7-18-9/h1-5,7H,6H2,(H,17,21)(H,18,19,20). The van der Waals surface area contributed by atoms with E-state index in [1.165, 1.54) is 18.2 Å². The number of aromatic nitrogens is 2. The van der Waals surface area contributed by atoms with Crippen LogP contribution in [0.2, 0.25) is 0 Å². The fraction of sp³-hybridized carbons (Fsp3) is 0.154. The number of carbonyl (C=O) groups is 1. The Kier molecular flexibility index (Phi) is 4.44. The summed E-state index contributed by atoms with van der Waals surface area (Å²) in [6.07, 6.45) is -3.77. The molecule has 0 bridgehead atoms. The Morgan fingerprint density at radius 1 is 1.32 bits per heavy atom. The van der Waals surface area contributed by atoms with Gasteiger partial charge in [-0.3, -0.25) is 9.59 Å². The van der Waals surface area contributed by atoms with Crippen LogP contribution in [0.4, 0.5) is 13.2 Å². The number of hydrogen-bond donors (Lipinski definition) is 2. The van der Waals surface area contributed by atoms with Crippen molar-refractivity contribution < 1.29 is 22.7 Å². The Labute approximate surface area is 122 Å². The predicted molar refractivity (Wildman–Crippen MR) is 69.2 cm³/mol. The highest BCUT2D eigenvalue weighted by atomic mass is 19.4. The number of halogens is 3. The number of nitrogens with zero attached hydrogens (tertiary/aromatic N) is 1. The zero-order chi connectivity index (χ0) is 16.2. The third-order valence-electron chi connectivity index (χ3n) is 2.55. The minimum atomic E-state index is -4.83. The van der Waals surface area contributed by atoms with Crippen molar-refractivity contribution in [3.05, 3.63) is 58.3 Å². The zero-order valence-electron chi connectivity index (χ0n) is 11.0. The Morgan fingerprint density at radius 2 is 2.05 bits per heavy atom. The number of amides is 1. The topological polar surface area (TPSA) is 84.1 Å². The van der Waals surface area contributed by atoms with Crippen molar-refractivity contribution in [3.8, 4) is 5.75 Å². The lowest BCUT2D eigenvalue weighted by Crippen LogP contribution is -2.26. The second-order valence-electron chi connectivity index (χ2n) is 4.13. The number of para-hydroxylation sites is 1. The summed E-state index contributed by atoms with van der Waals surface area (Å²) in [5.41, 5.74) is -0.517. The van der Waals surface area contributed by atoms with Gasteiger partial charge in [0.05, 0.1) is 6.33 Å². The van der Waals surface area contributed by atoms with Gasteiger partial charge in [0.1, 0.15) is 11.4 Å². The maximum Gasteiger partial charge on any atom is 0.573 e. The molecule has 0 unspecified atom stereocenters. The van der Waals surface area contributed by atoms with Crippen LogP contribution < -0.4 is 15.6 Å². The van der Waals surface area contributed by atoms with E-state index in [4.69, 9.17) is 0 Å². The molecule has 0 atom stereocenters. The molecule has 1 aromatic carbocycles. The summed E-state index contributed by atoms with van der Waals surface area (Å²) in [6, 6.07) is 6.39. The van der Waals surface area contributed by atoms with E-state index in [9.17, 15) is 22.8 Å². The normalized spacial score (nSPS) is 11.0. The molecule has 0 aliphatic carbocycles. The second-order valence-corrected chi connectivity index (χ2v) is 4.13. The van der Waals surface area contributed by atoms with Gasteiger partial charge in [-0.2, -0.15) is 0 Å². The Hall–Kier alpha value is -2.84. The van der Waals surface area contributed by atoms with Crippen LogP contribution >= 0.6 is 0 Å². The minimum Gasteiger partial charge on any atom is -0.405 e. The lowest BCUT2D eigenvalue weighted by atomic mass is 10.2. The highest BCUT2D eigenvalue weighted by Gasteiger charge is 2.31. The number of alkyl halides is 3. The van der Waals surface area contributed by atoms with Gasteiger partial charge < -0.3 is 15.0 Å². The first-order valence-electron chi connectivity index (χ1n) is 6.02. The first kappa shape index (κ1) is 15.5. The summed E-state index contributed by atoms with van der Waals surface area (Å²) in [4.78, 5) is 28.7. The Morgan fingerprint density at radius 3 is 2.73 bits per heavy atom. The van der Waals surface area contributed by atoms with Crippen LogP contribution in [0.5, 0.6) is 5.75 Å². The van der Waals surface area contributed by atoms with Gasteiger partial charge in [-0.05, 0) is 6.07 Å². The molecule has 2 N–H and O–H groups in total. The SMILES string of the molecule is O=C(NCc1ccccc1OC(F)(F)F)c1cc(=O)[nH]cn1. The van der Waals surface area contributed by atoms with Crippen molar-refractivity contribution in [2.45, 2.75) is 12.9 Å².